The molecule has 1 aliphatic heterocycles. The second-order valence-electron chi connectivity index (χ2n) is 3.12. The van der Waals surface area contributed by atoms with E-state index in [1.165, 1.54) is 0 Å². The van der Waals surface area contributed by atoms with Gasteiger partial charge in [-0.3, -0.25) is 4.79 Å². The molecule has 0 saturated carbocycles. The number of hydrogen-bond acceptors (Lipinski definition) is 2. The molecule has 1 amide bonds. The van der Waals surface area contributed by atoms with Crippen LogP contribution in [0.4, 0.5) is 0 Å². The van der Waals surface area contributed by atoms with E-state index < -0.39 is 0 Å². The van der Waals surface area contributed by atoms with Gasteiger partial charge in [0.1, 0.15) is 0 Å². The molecule has 3 nitrogen and oxygen atoms in total. The van der Waals surface area contributed by atoms with Crippen LogP contribution in [0.3, 0.4) is 0 Å². The molecule has 2 rings (SSSR count). The zero-order valence-electron chi connectivity index (χ0n) is 7.22. The van der Waals surface area contributed by atoms with Gasteiger partial charge < -0.3 is 5.32 Å². The first-order chi connectivity index (χ1) is 6.22. The number of fused-ring (bicyclic) bond motifs is 1. The van der Waals surface area contributed by atoms with Crippen molar-refractivity contribution in [3.8, 4) is 6.07 Å². The summed E-state index contributed by atoms with van der Waals surface area (Å²) in [7, 11) is 0. The Morgan fingerprint density at radius 2 is 2.31 bits per heavy atom. The van der Waals surface area contributed by atoms with Gasteiger partial charge in [-0.05, 0) is 30.2 Å². The van der Waals surface area contributed by atoms with Crippen molar-refractivity contribution in [1.82, 2.24) is 5.32 Å². The fraction of sp³-hybridized carbons (Fsp3) is 0.200. The Hall–Kier alpha value is -1.82. The highest BCUT2D eigenvalue weighted by molar-refractivity contribution is 5.99. The number of nitrogens with one attached hydrogen (secondary N) is 1. The summed E-state index contributed by atoms with van der Waals surface area (Å²) >= 11 is 0. The maximum Gasteiger partial charge on any atom is 0.252 e. The Bertz CT molecular complexity index is 429. The maximum atomic E-state index is 11.3. The molecule has 0 fully saturated rings. The maximum absolute atomic E-state index is 11.3. The molecule has 0 radical (unpaired) electrons. The van der Waals surface area contributed by atoms with Gasteiger partial charge in [0.2, 0.25) is 0 Å². The molecule has 0 unspecified atom stereocenters. The van der Waals surface area contributed by atoms with Crippen LogP contribution in [0.15, 0.2) is 12.1 Å². The number of hydrogen-bond donors (Lipinski definition) is 1. The fourth-order valence-corrected chi connectivity index (χ4v) is 1.65. The first kappa shape index (κ1) is 7.81. The highest BCUT2D eigenvalue weighted by Crippen LogP contribution is 2.21. The fourth-order valence-electron chi connectivity index (χ4n) is 1.65. The van der Waals surface area contributed by atoms with Crippen molar-refractivity contribution in [2.75, 3.05) is 0 Å². The molecule has 0 spiro atoms. The second kappa shape index (κ2) is 2.60. The van der Waals surface area contributed by atoms with Crippen LogP contribution in [0.25, 0.3) is 0 Å². The van der Waals surface area contributed by atoms with Crippen LogP contribution < -0.4 is 5.32 Å². The minimum Gasteiger partial charge on any atom is -0.348 e. The smallest absolute Gasteiger partial charge is 0.252 e. The summed E-state index contributed by atoms with van der Waals surface area (Å²) in [6, 6.07) is 5.58. The molecule has 1 heterocycles. The molecule has 0 bridgehead atoms. The van der Waals surface area contributed by atoms with E-state index >= 15 is 0 Å². The highest BCUT2D eigenvalue weighted by Gasteiger charge is 2.21. The molecule has 0 saturated heterocycles. The molecule has 0 aliphatic carbocycles. The van der Waals surface area contributed by atoms with E-state index in [-0.39, 0.29) is 5.91 Å². The summed E-state index contributed by atoms with van der Waals surface area (Å²) < 4.78 is 0. The average Bonchev–Trinajstić information content (AvgIpc) is 2.48. The highest BCUT2D eigenvalue weighted by atomic mass is 16.1. The first-order valence-electron chi connectivity index (χ1n) is 4.04. The first-order valence-corrected chi connectivity index (χ1v) is 4.04. The van der Waals surface area contributed by atoms with Gasteiger partial charge in [0.25, 0.3) is 5.91 Å². The van der Waals surface area contributed by atoms with Crippen LogP contribution >= 0.6 is 0 Å². The third-order valence-electron chi connectivity index (χ3n) is 2.21. The minimum absolute atomic E-state index is 0.0306. The van der Waals surface area contributed by atoms with Gasteiger partial charge in [-0.15, -0.1) is 0 Å². The van der Waals surface area contributed by atoms with Gasteiger partial charge >= 0.3 is 0 Å². The lowest BCUT2D eigenvalue weighted by Gasteiger charge is -2.00. The van der Waals surface area contributed by atoms with Crippen molar-refractivity contribution in [3.63, 3.8) is 0 Å². The SMILES string of the molecule is Cc1cc(C#N)cc2c1C(=O)NC2. The van der Waals surface area contributed by atoms with E-state index in [0.717, 1.165) is 16.7 Å². The van der Waals surface area contributed by atoms with E-state index in [2.05, 4.69) is 11.4 Å². The second-order valence-corrected chi connectivity index (χ2v) is 3.12. The zero-order valence-corrected chi connectivity index (χ0v) is 7.22. The summed E-state index contributed by atoms with van der Waals surface area (Å²) in [5.74, 6) is -0.0306. The standard InChI is InChI=1S/C10H8N2O/c1-6-2-7(4-11)3-8-5-12-10(13)9(6)8/h2-3H,5H2,1H3,(H,12,13). The van der Waals surface area contributed by atoms with Crippen molar-refractivity contribution in [1.29, 1.82) is 5.26 Å². The van der Waals surface area contributed by atoms with Crippen LogP contribution in [0, 0.1) is 18.3 Å². The molecule has 3 heteroatoms. The Morgan fingerprint density at radius 3 is 3.00 bits per heavy atom. The third-order valence-corrected chi connectivity index (χ3v) is 2.21. The number of amides is 1. The molecular weight excluding hydrogens is 164 g/mol. The number of carbonyl (C=O) groups excluding carboxylic acids is 1. The predicted molar refractivity (Wildman–Crippen MR) is 47.1 cm³/mol. The van der Waals surface area contributed by atoms with E-state index in [4.69, 9.17) is 5.26 Å². The van der Waals surface area contributed by atoms with E-state index in [1.807, 2.05) is 6.92 Å². The van der Waals surface area contributed by atoms with Gasteiger partial charge in [-0.25, -0.2) is 0 Å². The van der Waals surface area contributed by atoms with Crippen molar-refractivity contribution in [2.45, 2.75) is 13.5 Å². The van der Waals surface area contributed by atoms with Crippen LogP contribution in [0.5, 0.6) is 0 Å². The molecule has 1 aliphatic rings. The average molecular weight is 172 g/mol. The minimum atomic E-state index is -0.0306. The summed E-state index contributed by atoms with van der Waals surface area (Å²) in [5, 5.41) is 11.4. The van der Waals surface area contributed by atoms with Crippen LogP contribution in [0.1, 0.15) is 27.0 Å². The molecule has 1 aromatic carbocycles. The molecule has 0 aromatic heterocycles. The van der Waals surface area contributed by atoms with Crippen LogP contribution in [0.2, 0.25) is 0 Å². The van der Waals surface area contributed by atoms with Gasteiger partial charge in [-0.1, -0.05) is 0 Å². The van der Waals surface area contributed by atoms with Crippen molar-refractivity contribution >= 4 is 5.91 Å². The Morgan fingerprint density at radius 1 is 1.54 bits per heavy atom. The number of benzene rings is 1. The number of nitrogens with zero attached hydrogens (tertiary/aromatic N) is 1. The summed E-state index contributed by atoms with van der Waals surface area (Å²) in [5.41, 5.74) is 3.16. The summed E-state index contributed by atoms with van der Waals surface area (Å²) in [6.45, 7) is 2.40. The van der Waals surface area contributed by atoms with Gasteiger partial charge in [-0.2, -0.15) is 5.26 Å². The molecule has 1 aromatic rings. The molecule has 1 N–H and O–H groups in total. The van der Waals surface area contributed by atoms with Crippen molar-refractivity contribution < 1.29 is 4.79 Å². The van der Waals surface area contributed by atoms with E-state index in [9.17, 15) is 4.79 Å². The lowest BCUT2D eigenvalue weighted by Crippen LogP contribution is -2.13. The number of aryl methyl sites for hydroxylation is 1. The number of nitriles is 1. The monoisotopic (exact) mass is 172 g/mol. The van der Waals surface area contributed by atoms with E-state index in [1.54, 1.807) is 12.1 Å². The third kappa shape index (κ3) is 1.07. The summed E-state index contributed by atoms with van der Waals surface area (Å²) in [4.78, 5) is 11.3. The normalized spacial score (nSPS) is 13.4. The number of carbonyl (C=O) groups is 1. The van der Waals surface area contributed by atoms with Gasteiger partial charge in [0.05, 0.1) is 11.6 Å². The van der Waals surface area contributed by atoms with Crippen LogP contribution in [-0.4, -0.2) is 5.91 Å². The van der Waals surface area contributed by atoms with E-state index in [0.29, 0.717) is 12.1 Å². The predicted octanol–water partition coefficient (Wildman–Crippen LogP) is 1.11. The molecule has 64 valence electrons. The summed E-state index contributed by atoms with van der Waals surface area (Å²) in [6.07, 6.45) is 0. The van der Waals surface area contributed by atoms with Crippen LogP contribution in [-0.2, 0) is 6.54 Å². The lowest BCUT2D eigenvalue weighted by molar-refractivity contribution is 0.0965. The van der Waals surface area contributed by atoms with Gasteiger partial charge in [0, 0.05) is 12.1 Å². The lowest BCUT2D eigenvalue weighted by atomic mass is 10.0. The zero-order chi connectivity index (χ0) is 9.42. The Kier molecular flexibility index (Phi) is 1.56. The van der Waals surface area contributed by atoms with Crippen molar-refractivity contribution in [3.05, 3.63) is 34.4 Å². The Balaban J connectivity index is 2.67. The molecule has 13 heavy (non-hydrogen) atoms. The topological polar surface area (TPSA) is 52.9 Å². The quantitative estimate of drug-likeness (QED) is 0.637. The number of rotatable bonds is 0. The Labute approximate surface area is 76.0 Å². The van der Waals surface area contributed by atoms with Gasteiger partial charge in [0.15, 0.2) is 0 Å². The van der Waals surface area contributed by atoms with Crippen molar-refractivity contribution in [2.24, 2.45) is 0 Å². The molecule has 0 atom stereocenters. The molecular formula is C10H8N2O. The largest absolute Gasteiger partial charge is 0.348 e.